The monoisotopic (exact) mass is 477 g/mol. The van der Waals surface area contributed by atoms with Gasteiger partial charge in [-0.25, -0.2) is 0 Å². The number of methoxy groups -OCH3 is 1. The summed E-state index contributed by atoms with van der Waals surface area (Å²) in [5.74, 6) is 2.22. The molecule has 34 heavy (non-hydrogen) atoms. The van der Waals surface area contributed by atoms with Crippen LogP contribution in [0.25, 0.3) is 11.4 Å². The zero-order valence-corrected chi connectivity index (χ0v) is 19.6. The Morgan fingerprint density at radius 3 is 2.47 bits per heavy atom. The highest BCUT2D eigenvalue weighted by Gasteiger charge is 2.11. The van der Waals surface area contributed by atoms with Crippen molar-refractivity contribution in [1.82, 2.24) is 10.1 Å². The van der Waals surface area contributed by atoms with Gasteiger partial charge in [-0.05, 0) is 79.1 Å². The fourth-order valence-electron chi connectivity index (χ4n) is 3.26. The minimum Gasteiger partial charge on any atom is -0.497 e. The van der Waals surface area contributed by atoms with Gasteiger partial charge in [0.05, 0.1) is 7.11 Å². The van der Waals surface area contributed by atoms with Gasteiger partial charge in [0.1, 0.15) is 11.5 Å². The number of amides is 1. The van der Waals surface area contributed by atoms with E-state index in [-0.39, 0.29) is 12.5 Å². The molecule has 0 unspecified atom stereocenters. The average Bonchev–Trinajstić information content (AvgIpc) is 3.33. The molecule has 0 radical (unpaired) electrons. The predicted octanol–water partition coefficient (Wildman–Crippen LogP) is 5.86. The molecule has 1 N–H and O–H groups in total. The Labute approximate surface area is 202 Å². The van der Waals surface area contributed by atoms with Crippen molar-refractivity contribution in [3.63, 3.8) is 0 Å². The van der Waals surface area contributed by atoms with Gasteiger partial charge in [-0.1, -0.05) is 28.9 Å². The molecule has 1 heterocycles. The molecule has 0 saturated heterocycles. The molecule has 0 aliphatic heterocycles. The average molecular weight is 478 g/mol. The smallest absolute Gasteiger partial charge is 0.264 e. The van der Waals surface area contributed by atoms with Crippen LogP contribution in [-0.2, 0) is 17.8 Å². The van der Waals surface area contributed by atoms with Gasteiger partial charge in [0, 0.05) is 22.7 Å². The third-order valence-electron chi connectivity index (χ3n) is 5.19. The van der Waals surface area contributed by atoms with E-state index in [0.29, 0.717) is 41.0 Å². The van der Waals surface area contributed by atoms with Crippen LogP contribution >= 0.6 is 11.6 Å². The van der Waals surface area contributed by atoms with Crippen LogP contribution < -0.4 is 14.8 Å². The molecule has 0 aliphatic rings. The normalized spacial score (nSPS) is 10.7. The predicted molar refractivity (Wildman–Crippen MR) is 130 cm³/mol. The summed E-state index contributed by atoms with van der Waals surface area (Å²) in [6, 6.07) is 20.4. The lowest BCUT2D eigenvalue weighted by molar-refractivity contribution is -0.116. The standard InChI is InChI=1S/C26H24ClN3O4/c1-17-15-22(12-13-23(17)27)33-16-25-29-26(30-34-25)19-6-8-20(9-7-19)28-24(31)14-5-18-3-10-21(32-2)11-4-18/h3-4,6-13,15H,5,14,16H2,1-2H3,(H,28,31). The van der Waals surface area contributed by atoms with Crippen molar-refractivity contribution in [2.45, 2.75) is 26.4 Å². The lowest BCUT2D eigenvalue weighted by atomic mass is 10.1. The summed E-state index contributed by atoms with van der Waals surface area (Å²) in [5.41, 5.74) is 3.48. The number of nitrogens with zero attached hydrogens (tertiary/aromatic N) is 2. The Morgan fingerprint density at radius 2 is 1.76 bits per heavy atom. The molecule has 8 heteroatoms. The van der Waals surface area contributed by atoms with Gasteiger partial charge in [0.25, 0.3) is 5.89 Å². The number of aromatic nitrogens is 2. The highest BCUT2D eigenvalue weighted by Crippen LogP contribution is 2.23. The number of hydrogen-bond acceptors (Lipinski definition) is 6. The van der Waals surface area contributed by atoms with E-state index in [1.54, 1.807) is 19.2 Å². The van der Waals surface area contributed by atoms with Crippen molar-refractivity contribution in [2.24, 2.45) is 0 Å². The Balaban J connectivity index is 1.28. The summed E-state index contributed by atoms with van der Waals surface area (Å²) in [7, 11) is 1.63. The summed E-state index contributed by atoms with van der Waals surface area (Å²) in [5, 5.41) is 7.61. The molecule has 0 spiro atoms. The second-order valence-corrected chi connectivity index (χ2v) is 8.09. The Morgan fingerprint density at radius 1 is 1.03 bits per heavy atom. The third-order valence-corrected chi connectivity index (χ3v) is 5.61. The maximum Gasteiger partial charge on any atom is 0.264 e. The molecule has 0 aliphatic carbocycles. The molecule has 4 rings (SSSR count). The number of carbonyl (C=O) groups excluding carboxylic acids is 1. The zero-order chi connectivity index (χ0) is 23.9. The van der Waals surface area contributed by atoms with Crippen molar-refractivity contribution in [3.8, 4) is 22.9 Å². The molecule has 1 amide bonds. The second-order valence-electron chi connectivity index (χ2n) is 7.68. The topological polar surface area (TPSA) is 86.5 Å². The molecule has 174 valence electrons. The minimum atomic E-state index is -0.0556. The number of benzene rings is 3. The van der Waals surface area contributed by atoms with Crippen molar-refractivity contribution >= 4 is 23.2 Å². The second kappa shape index (κ2) is 10.9. The molecular weight excluding hydrogens is 454 g/mol. The maximum atomic E-state index is 12.3. The lowest BCUT2D eigenvalue weighted by Crippen LogP contribution is -2.12. The first kappa shape index (κ1) is 23.3. The number of nitrogens with one attached hydrogen (secondary N) is 1. The van der Waals surface area contributed by atoms with E-state index in [4.69, 9.17) is 25.6 Å². The number of rotatable bonds is 9. The van der Waals surface area contributed by atoms with Crippen LogP contribution in [-0.4, -0.2) is 23.2 Å². The number of anilines is 1. The van der Waals surface area contributed by atoms with Crippen LogP contribution in [0.4, 0.5) is 5.69 Å². The van der Waals surface area contributed by atoms with Gasteiger partial charge in [-0.15, -0.1) is 0 Å². The molecule has 0 fully saturated rings. The molecule has 0 saturated carbocycles. The van der Waals surface area contributed by atoms with Gasteiger partial charge in [0.2, 0.25) is 11.7 Å². The number of ether oxygens (including phenoxy) is 2. The van der Waals surface area contributed by atoms with Gasteiger partial charge >= 0.3 is 0 Å². The molecule has 7 nitrogen and oxygen atoms in total. The van der Waals surface area contributed by atoms with Crippen molar-refractivity contribution < 1.29 is 18.8 Å². The van der Waals surface area contributed by atoms with Crippen molar-refractivity contribution in [3.05, 3.63) is 88.8 Å². The molecule has 4 aromatic rings. The summed E-state index contributed by atoms with van der Waals surface area (Å²) >= 11 is 6.03. The van der Waals surface area contributed by atoms with E-state index in [1.165, 1.54) is 0 Å². The van der Waals surface area contributed by atoms with Gasteiger partial charge < -0.3 is 19.3 Å². The van der Waals surface area contributed by atoms with Crippen LogP contribution in [0.3, 0.4) is 0 Å². The molecular formula is C26H24ClN3O4. The number of aryl methyl sites for hydroxylation is 2. The third kappa shape index (κ3) is 6.14. The quantitative estimate of drug-likeness (QED) is 0.325. The number of hydrogen-bond donors (Lipinski definition) is 1. The highest BCUT2D eigenvalue weighted by atomic mass is 35.5. The van der Waals surface area contributed by atoms with Gasteiger partial charge in [0.15, 0.2) is 6.61 Å². The van der Waals surface area contributed by atoms with Gasteiger partial charge in [-0.3, -0.25) is 4.79 Å². The van der Waals surface area contributed by atoms with E-state index >= 15 is 0 Å². The van der Waals surface area contributed by atoms with E-state index < -0.39 is 0 Å². The van der Waals surface area contributed by atoms with Crippen LogP contribution in [0, 0.1) is 6.92 Å². The molecule has 0 bridgehead atoms. The molecule has 0 atom stereocenters. The van der Waals surface area contributed by atoms with Gasteiger partial charge in [-0.2, -0.15) is 4.98 Å². The molecule has 1 aromatic heterocycles. The van der Waals surface area contributed by atoms with E-state index in [1.807, 2.05) is 61.5 Å². The van der Waals surface area contributed by atoms with E-state index in [9.17, 15) is 4.79 Å². The Bertz CT molecular complexity index is 1250. The van der Waals surface area contributed by atoms with Crippen molar-refractivity contribution in [2.75, 3.05) is 12.4 Å². The zero-order valence-electron chi connectivity index (χ0n) is 18.9. The first-order valence-electron chi connectivity index (χ1n) is 10.7. The number of carbonyl (C=O) groups is 1. The lowest BCUT2D eigenvalue weighted by Gasteiger charge is -2.06. The Hall–Kier alpha value is -3.84. The van der Waals surface area contributed by atoms with E-state index in [2.05, 4.69) is 15.5 Å². The highest BCUT2D eigenvalue weighted by molar-refractivity contribution is 6.31. The minimum absolute atomic E-state index is 0.0556. The summed E-state index contributed by atoms with van der Waals surface area (Å²) in [4.78, 5) is 16.7. The maximum absolute atomic E-state index is 12.3. The van der Waals surface area contributed by atoms with Crippen LogP contribution in [0.2, 0.25) is 5.02 Å². The first-order valence-corrected chi connectivity index (χ1v) is 11.1. The fourth-order valence-corrected chi connectivity index (χ4v) is 3.38. The van der Waals surface area contributed by atoms with Crippen LogP contribution in [0.5, 0.6) is 11.5 Å². The molecule has 3 aromatic carbocycles. The number of halogens is 1. The largest absolute Gasteiger partial charge is 0.497 e. The summed E-state index contributed by atoms with van der Waals surface area (Å²) in [6.07, 6.45) is 1.03. The van der Waals surface area contributed by atoms with Crippen molar-refractivity contribution in [1.29, 1.82) is 0 Å². The Kier molecular flexibility index (Phi) is 7.44. The van der Waals surface area contributed by atoms with E-state index in [0.717, 1.165) is 22.4 Å². The SMILES string of the molecule is COc1ccc(CCC(=O)Nc2ccc(-c3noc(COc4ccc(Cl)c(C)c4)n3)cc2)cc1. The first-order chi connectivity index (χ1) is 16.5. The fraction of sp³-hybridized carbons (Fsp3) is 0.192. The summed E-state index contributed by atoms with van der Waals surface area (Å²) in [6.45, 7) is 2.06. The summed E-state index contributed by atoms with van der Waals surface area (Å²) < 4.78 is 16.1. The van der Waals surface area contributed by atoms with Crippen LogP contribution in [0.15, 0.2) is 71.3 Å². The van der Waals surface area contributed by atoms with Crippen LogP contribution in [0.1, 0.15) is 23.4 Å².